The second-order valence-electron chi connectivity index (χ2n) is 15.2. The van der Waals surface area contributed by atoms with E-state index in [1.807, 2.05) is 0 Å². The van der Waals surface area contributed by atoms with Crippen molar-refractivity contribution in [2.45, 2.75) is 159 Å². The lowest BCUT2D eigenvalue weighted by Crippen LogP contribution is -2.00. The summed E-state index contributed by atoms with van der Waals surface area (Å²) in [5.74, 6) is 6.71. The molecule has 1 heteroatoms. The van der Waals surface area contributed by atoms with Gasteiger partial charge in [0.05, 0.1) is 0 Å². The van der Waals surface area contributed by atoms with Gasteiger partial charge in [-0.05, 0) is 83.8 Å². The Labute approximate surface area is 293 Å². The molecular weight excluding hydrogens is 555 g/mol. The van der Waals surface area contributed by atoms with E-state index in [1.54, 1.807) is 0 Å². The van der Waals surface area contributed by atoms with Gasteiger partial charge in [-0.3, -0.25) is 0 Å². The van der Waals surface area contributed by atoms with E-state index in [0.717, 1.165) is 53.8 Å². The van der Waals surface area contributed by atoms with Crippen molar-refractivity contribution in [2.75, 3.05) is 0 Å². The maximum absolute atomic E-state index is 3.29. The van der Waals surface area contributed by atoms with Crippen LogP contribution in [0.3, 0.4) is 0 Å². The Hall–Kier alpha value is -2.02. The van der Waals surface area contributed by atoms with Crippen molar-refractivity contribution in [3.8, 4) is 0 Å². The average Bonchev–Trinajstić information content (AvgIpc) is 3.31. The first-order valence-electron chi connectivity index (χ1n) is 17.6. The summed E-state index contributed by atoms with van der Waals surface area (Å²) in [5, 5.41) is 1.37. The van der Waals surface area contributed by atoms with Gasteiger partial charge in [0, 0.05) is 17.1 Å². The molecule has 1 N–H and O–H groups in total. The summed E-state index contributed by atoms with van der Waals surface area (Å²) in [7, 11) is 0. The topological polar surface area (TPSA) is 15.8 Å². The number of hydrogen-bond acceptors (Lipinski definition) is 0. The molecule has 0 saturated carbocycles. The van der Waals surface area contributed by atoms with Crippen LogP contribution in [-0.2, 0) is 12.8 Å². The molecule has 1 heterocycles. The molecule has 0 aliphatic rings. The molecule has 1 atom stereocenters. The Kier molecular flexibility index (Phi) is 36.7. The Morgan fingerprint density at radius 1 is 0.500 bits per heavy atom. The van der Waals surface area contributed by atoms with Gasteiger partial charge in [0.25, 0.3) is 0 Å². The summed E-state index contributed by atoms with van der Waals surface area (Å²) in [4.78, 5) is 3.29. The Morgan fingerprint density at radius 3 is 1.26 bits per heavy atom. The molecule has 0 bridgehead atoms. The van der Waals surface area contributed by atoms with E-state index in [0.29, 0.717) is 0 Å². The van der Waals surface area contributed by atoms with Gasteiger partial charge >= 0.3 is 0 Å². The highest BCUT2D eigenvalue weighted by molar-refractivity contribution is 5.83. The van der Waals surface area contributed by atoms with Crippen LogP contribution in [0, 0.1) is 47.3 Å². The molecule has 0 aliphatic heterocycles. The van der Waals surface area contributed by atoms with Crippen molar-refractivity contribution in [2.24, 2.45) is 47.3 Å². The predicted octanol–water partition coefficient (Wildman–Crippen LogP) is 15.8. The molecule has 0 saturated heterocycles. The lowest BCUT2D eigenvalue weighted by Gasteiger charge is -2.10. The molecule has 1 aromatic heterocycles. The number of benzene rings is 2. The molecule has 272 valence electrons. The number of aromatic nitrogens is 1. The number of fused-ring (bicyclic) bond motifs is 1. The smallest absolute Gasteiger partial charge is 0.0456 e. The van der Waals surface area contributed by atoms with Gasteiger partial charge in [-0.1, -0.05) is 188 Å². The second-order valence-corrected chi connectivity index (χ2v) is 15.2. The zero-order chi connectivity index (χ0) is 33.5. The van der Waals surface area contributed by atoms with Gasteiger partial charge in [-0.15, -0.1) is 0 Å². The Morgan fingerprint density at radius 2 is 0.935 bits per heavy atom. The van der Waals surface area contributed by atoms with E-state index in [4.69, 9.17) is 0 Å². The molecule has 0 aliphatic carbocycles. The maximum Gasteiger partial charge on any atom is 0.0456 e. The number of nitrogens with one attached hydrogen (secondary N) is 1. The van der Waals surface area contributed by atoms with Crippen LogP contribution < -0.4 is 0 Å². The first kappa shape index (κ1) is 53.5. The van der Waals surface area contributed by atoms with Crippen molar-refractivity contribution in [3.05, 3.63) is 71.9 Å². The van der Waals surface area contributed by atoms with Crippen molar-refractivity contribution in [3.63, 3.8) is 0 Å². The van der Waals surface area contributed by atoms with E-state index in [1.165, 1.54) is 41.3 Å². The molecule has 0 spiro atoms. The van der Waals surface area contributed by atoms with Gasteiger partial charge in [-0.25, -0.2) is 0 Å². The van der Waals surface area contributed by atoms with Gasteiger partial charge in [0.2, 0.25) is 0 Å². The summed E-state index contributed by atoms with van der Waals surface area (Å²) >= 11 is 0. The van der Waals surface area contributed by atoms with E-state index >= 15 is 0 Å². The highest BCUT2D eigenvalue weighted by Gasteiger charge is 2.04. The van der Waals surface area contributed by atoms with Crippen molar-refractivity contribution < 1.29 is 0 Å². The number of H-pyrrole nitrogens is 1. The van der Waals surface area contributed by atoms with Crippen LogP contribution in [-0.4, -0.2) is 4.98 Å². The molecule has 0 fully saturated rings. The zero-order valence-corrected chi connectivity index (χ0v) is 31.7. The van der Waals surface area contributed by atoms with Crippen molar-refractivity contribution in [1.29, 1.82) is 0 Å². The van der Waals surface area contributed by atoms with Gasteiger partial charge in [0.15, 0.2) is 0 Å². The third-order valence-electron chi connectivity index (χ3n) is 7.85. The average molecular weight is 642 g/mol. The largest absolute Gasteiger partial charge is 0.361 e. The van der Waals surface area contributed by atoms with Crippen molar-refractivity contribution in [1.82, 2.24) is 4.98 Å². The van der Waals surface area contributed by atoms with Crippen molar-refractivity contribution >= 4 is 10.9 Å². The molecule has 0 radical (unpaired) electrons. The van der Waals surface area contributed by atoms with Crippen LogP contribution in [0.25, 0.3) is 10.9 Å². The van der Waals surface area contributed by atoms with E-state index in [2.05, 4.69) is 177 Å². The third-order valence-corrected chi connectivity index (χ3v) is 7.85. The Bertz CT molecular complexity index is 976. The molecule has 46 heavy (non-hydrogen) atoms. The molecule has 1 nitrogen and oxygen atoms in total. The van der Waals surface area contributed by atoms with Crippen LogP contribution in [0.4, 0.5) is 0 Å². The molecule has 3 aromatic rings. The van der Waals surface area contributed by atoms with Gasteiger partial charge < -0.3 is 4.98 Å². The van der Waals surface area contributed by atoms with E-state index < -0.39 is 0 Å². The lowest BCUT2D eigenvalue weighted by atomic mass is 9.96. The fraction of sp³-hybridized carbons (Fsp3) is 0.689. The van der Waals surface area contributed by atoms with Gasteiger partial charge in [0.1, 0.15) is 0 Å². The minimum atomic E-state index is 0. The summed E-state index contributed by atoms with van der Waals surface area (Å²) < 4.78 is 0. The minimum absolute atomic E-state index is 0. The lowest BCUT2D eigenvalue weighted by molar-refractivity contribution is 0.407. The maximum atomic E-state index is 3.29. The van der Waals surface area contributed by atoms with Crippen LogP contribution in [0.2, 0.25) is 0 Å². The fourth-order valence-electron chi connectivity index (χ4n) is 4.24. The van der Waals surface area contributed by atoms with Crippen LogP contribution >= 0.6 is 0 Å². The summed E-state index contributed by atoms with van der Waals surface area (Å²) in [6.45, 7) is 36.1. The molecule has 2 aromatic carbocycles. The highest BCUT2D eigenvalue weighted by atomic mass is 14.7. The van der Waals surface area contributed by atoms with E-state index in [-0.39, 0.29) is 22.3 Å². The number of aromatic amines is 1. The SMILES string of the molecule is C.C.C.CC(C)C(C)C.CC(C)CC(C)C.CC(C)Cc1c[nH]c2ccccc12.CC(C)Cc1ccccc1.CCC(C)C(C)C. The van der Waals surface area contributed by atoms with Crippen LogP contribution in [0.15, 0.2) is 60.8 Å². The van der Waals surface area contributed by atoms with Crippen LogP contribution in [0.5, 0.6) is 0 Å². The van der Waals surface area contributed by atoms with Crippen LogP contribution in [0.1, 0.15) is 157 Å². The molecule has 3 rings (SSSR count). The molecular formula is C45H87N. The number of hydrogen-bond donors (Lipinski definition) is 1. The fourth-order valence-corrected chi connectivity index (χ4v) is 4.24. The highest BCUT2D eigenvalue weighted by Crippen LogP contribution is 2.20. The normalized spacial score (nSPS) is 10.8. The monoisotopic (exact) mass is 642 g/mol. The number of para-hydroxylation sites is 1. The molecule has 1 unspecified atom stereocenters. The second kappa shape index (κ2) is 31.6. The summed E-state index contributed by atoms with van der Waals surface area (Å²) in [5.41, 5.74) is 4.13. The number of rotatable bonds is 9. The summed E-state index contributed by atoms with van der Waals surface area (Å²) in [6, 6.07) is 19.1. The first-order chi connectivity index (χ1) is 20.0. The van der Waals surface area contributed by atoms with Gasteiger partial charge in [-0.2, -0.15) is 0 Å². The summed E-state index contributed by atoms with van der Waals surface area (Å²) in [6.07, 6.45) is 7.16. The molecule has 0 amide bonds. The predicted molar refractivity (Wildman–Crippen MR) is 220 cm³/mol. The Balaban J connectivity index is -0.000000155. The quantitative estimate of drug-likeness (QED) is 0.239. The van der Waals surface area contributed by atoms with E-state index in [9.17, 15) is 0 Å². The minimum Gasteiger partial charge on any atom is -0.361 e. The zero-order valence-electron chi connectivity index (χ0n) is 31.7. The third kappa shape index (κ3) is 30.6. The standard InChI is InChI=1S/C12H15N.C10H14.2C7H16.C6H14.3CH4/c1-9(2)7-10-8-13-12-6-4-3-5-11(10)12;1-9(2)8-10-6-4-3-5-7-10;1-6(2)5-7(3)4;1-5-7(4)6(2)3;1-5(2)6(3)4;;;/h3-6,8-9,13H,7H2,1-2H3;3-7,9H,8H2,1-2H3;2*6-7H,5H2,1-4H3;5-6H,1-4H3;3*1H4. The first-order valence-corrected chi connectivity index (χ1v) is 17.6.